The van der Waals surface area contributed by atoms with Crippen molar-refractivity contribution in [3.8, 4) is 11.3 Å². The molecule has 1 aromatic heterocycles. The van der Waals surface area contributed by atoms with Crippen LogP contribution in [0.3, 0.4) is 0 Å². The van der Waals surface area contributed by atoms with Gasteiger partial charge < -0.3 is 10.8 Å². The molecule has 0 unspecified atom stereocenters. The Labute approximate surface area is 115 Å². The minimum absolute atomic E-state index is 0.303. The van der Waals surface area contributed by atoms with Gasteiger partial charge in [0.25, 0.3) is 0 Å². The molecule has 0 fully saturated rings. The molecule has 4 nitrogen and oxygen atoms in total. The van der Waals surface area contributed by atoms with E-state index in [2.05, 4.69) is 4.98 Å². The van der Waals surface area contributed by atoms with Crippen molar-refractivity contribution in [2.75, 3.05) is 5.73 Å². The molecular formula is C16H14N2O2. The van der Waals surface area contributed by atoms with Crippen LogP contribution in [0, 0.1) is 0 Å². The van der Waals surface area contributed by atoms with Crippen molar-refractivity contribution in [3.05, 3.63) is 46.5 Å². The lowest BCUT2D eigenvalue weighted by atomic mass is 10.0. The van der Waals surface area contributed by atoms with Crippen LogP contribution >= 0.6 is 0 Å². The van der Waals surface area contributed by atoms with E-state index < -0.39 is 5.97 Å². The van der Waals surface area contributed by atoms with Crippen molar-refractivity contribution >= 4 is 23.8 Å². The Morgan fingerprint density at radius 3 is 2.55 bits per heavy atom. The van der Waals surface area contributed by atoms with Crippen molar-refractivity contribution in [3.63, 3.8) is 0 Å². The maximum absolute atomic E-state index is 11.4. The molecular weight excluding hydrogens is 252 g/mol. The molecule has 20 heavy (non-hydrogen) atoms. The predicted octanol–water partition coefficient (Wildman–Crippen LogP) is 1.38. The van der Waals surface area contributed by atoms with Gasteiger partial charge in [-0.15, -0.1) is 0 Å². The molecule has 0 spiro atoms. The van der Waals surface area contributed by atoms with E-state index in [4.69, 9.17) is 5.73 Å². The number of carboxylic acids is 1. The highest BCUT2D eigenvalue weighted by Crippen LogP contribution is 2.17. The van der Waals surface area contributed by atoms with Gasteiger partial charge >= 0.3 is 5.97 Å². The summed E-state index contributed by atoms with van der Waals surface area (Å²) >= 11 is 0. The van der Waals surface area contributed by atoms with Crippen molar-refractivity contribution < 1.29 is 9.90 Å². The summed E-state index contributed by atoms with van der Waals surface area (Å²) in [7, 11) is 0. The Bertz CT molecular complexity index is 792. The Balaban J connectivity index is 2.26. The topological polar surface area (TPSA) is 76.2 Å². The number of hydrogen-bond acceptors (Lipinski definition) is 3. The van der Waals surface area contributed by atoms with Crippen LogP contribution in [0.2, 0.25) is 0 Å². The van der Waals surface area contributed by atoms with Crippen LogP contribution in [0.5, 0.6) is 0 Å². The maximum atomic E-state index is 11.4. The summed E-state index contributed by atoms with van der Waals surface area (Å²) in [5.74, 6) is -0.924. The first-order chi connectivity index (χ1) is 9.65. The number of nitrogens with two attached hydrogens (primary N) is 1. The number of fused-ring (bicyclic) bond motifs is 1. The van der Waals surface area contributed by atoms with E-state index in [0.29, 0.717) is 16.9 Å². The highest BCUT2D eigenvalue weighted by atomic mass is 16.4. The largest absolute Gasteiger partial charge is 0.478 e. The van der Waals surface area contributed by atoms with Crippen LogP contribution in [0.1, 0.15) is 23.2 Å². The molecule has 0 aliphatic heterocycles. The van der Waals surface area contributed by atoms with Crippen LogP contribution in [-0.4, -0.2) is 16.1 Å². The lowest BCUT2D eigenvalue weighted by molar-refractivity contribution is 0.0695. The SMILES string of the molecule is Nc1ccc(-c2cc(C(=O)O)c3c(n2)=CCCC=3)cc1. The first-order valence-electron chi connectivity index (χ1n) is 6.46. The van der Waals surface area contributed by atoms with Crippen LogP contribution in [0.4, 0.5) is 5.69 Å². The number of aromatic nitrogens is 1. The molecule has 2 aromatic rings. The molecule has 3 N–H and O–H groups in total. The average Bonchev–Trinajstić information content (AvgIpc) is 2.46. The zero-order chi connectivity index (χ0) is 14.1. The number of benzene rings is 1. The smallest absolute Gasteiger partial charge is 0.336 e. The third kappa shape index (κ3) is 2.16. The number of carboxylic acid groups (broad SMARTS) is 1. The van der Waals surface area contributed by atoms with Crippen molar-refractivity contribution in [1.29, 1.82) is 0 Å². The molecule has 1 aliphatic carbocycles. The summed E-state index contributed by atoms with van der Waals surface area (Å²) in [5, 5.41) is 10.9. The number of hydrogen-bond donors (Lipinski definition) is 2. The molecule has 100 valence electrons. The highest BCUT2D eigenvalue weighted by Gasteiger charge is 2.12. The molecule has 0 saturated carbocycles. The Morgan fingerprint density at radius 1 is 1.15 bits per heavy atom. The summed E-state index contributed by atoms with van der Waals surface area (Å²) in [6.07, 6.45) is 5.68. The molecule has 0 saturated heterocycles. The lowest BCUT2D eigenvalue weighted by Crippen LogP contribution is -2.35. The monoisotopic (exact) mass is 266 g/mol. The van der Waals surface area contributed by atoms with Crippen LogP contribution in [0.15, 0.2) is 30.3 Å². The predicted molar refractivity (Wildman–Crippen MR) is 78.5 cm³/mol. The summed E-state index contributed by atoms with van der Waals surface area (Å²) in [6.45, 7) is 0. The van der Waals surface area contributed by atoms with Gasteiger partial charge in [0.2, 0.25) is 0 Å². The summed E-state index contributed by atoms with van der Waals surface area (Å²) in [4.78, 5) is 16.0. The van der Waals surface area contributed by atoms with E-state index in [-0.39, 0.29) is 0 Å². The zero-order valence-corrected chi connectivity index (χ0v) is 10.8. The molecule has 0 radical (unpaired) electrons. The molecule has 1 heterocycles. The van der Waals surface area contributed by atoms with E-state index in [0.717, 1.165) is 29.0 Å². The minimum Gasteiger partial charge on any atom is -0.478 e. The first kappa shape index (κ1) is 12.4. The number of nitrogen functional groups attached to an aromatic ring is 1. The van der Waals surface area contributed by atoms with E-state index >= 15 is 0 Å². The third-order valence-electron chi connectivity index (χ3n) is 3.38. The number of aromatic carboxylic acids is 1. The van der Waals surface area contributed by atoms with Crippen LogP contribution in [-0.2, 0) is 0 Å². The molecule has 1 aromatic carbocycles. The molecule has 0 atom stereocenters. The molecule has 0 amide bonds. The lowest BCUT2D eigenvalue weighted by Gasteiger charge is -2.07. The van der Waals surface area contributed by atoms with Crippen molar-refractivity contribution in [2.45, 2.75) is 12.8 Å². The maximum Gasteiger partial charge on any atom is 0.336 e. The number of pyridine rings is 1. The molecule has 0 bridgehead atoms. The highest BCUT2D eigenvalue weighted by molar-refractivity contribution is 5.89. The standard InChI is InChI=1S/C16H14N2O2/c17-11-7-5-10(6-8-11)15-9-13(16(19)20)12-3-1-2-4-14(12)18-15/h3-9H,1-2,17H2,(H,19,20). The molecule has 4 heteroatoms. The second-order valence-corrected chi connectivity index (χ2v) is 4.77. The summed E-state index contributed by atoms with van der Waals surface area (Å²) < 4.78 is 0. The normalized spacial score (nSPS) is 13.0. The third-order valence-corrected chi connectivity index (χ3v) is 3.38. The van der Waals surface area contributed by atoms with E-state index in [1.54, 1.807) is 18.2 Å². The fraction of sp³-hybridized carbons (Fsp3) is 0.125. The van der Waals surface area contributed by atoms with Gasteiger partial charge in [-0.3, -0.25) is 0 Å². The molecule has 3 rings (SSSR count). The Kier molecular flexibility index (Phi) is 2.99. The van der Waals surface area contributed by atoms with Gasteiger partial charge in [0.1, 0.15) is 0 Å². The van der Waals surface area contributed by atoms with Gasteiger partial charge in [0, 0.05) is 16.5 Å². The van der Waals surface area contributed by atoms with Gasteiger partial charge in [-0.25, -0.2) is 9.78 Å². The molecule has 1 aliphatic rings. The van der Waals surface area contributed by atoms with Gasteiger partial charge in [-0.1, -0.05) is 24.3 Å². The fourth-order valence-electron chi connectivity index (χ4n) is 2.37. The Morgan fingerprint density at radius 2 is 1.85 bits per heavy atom. The van der Waals surface area contributed by atoms with Crippen molar-refractivity contribution in [1.82, 2.24) is 4.98 Å². The van der Waals surface area contributed by atoms with Gasteiger partial charge in [0.05, 0.1) is 16.6 Å². The average molecular weight is 266 g/mol. The van der Waals surface area contributed by atoms with E-state index in [1.165, 1.54) is 0 Å². The van der Waals surface area contributed by atoms with E-state index in [1.807, 2.05) is 24.3 Å². The number of rotatable bonds is 2. The summed E-state index contributed by atoms with van der Waals surface area (Å²) in [6, 6.07) is 8.90. The van der Waals surface area contributed by atoms with Gasteiger partial charge in [-0.05, 0) is 31.0 Å². The number of anilines is 1. The van der Waals surface area contributed by atoms with Crippen molar-refractivity contribution in [2.24, 2.45) is 0 Å². The van der Waals surface area contributed by atoms with Gasteiger partial charge in [-0.2, -0.15) is 0 Å². The number of nitrogens with zero attached hydrogens (tertiary/aromatic N) is 1. The Hall–Kier alpha value is -2.62. The van der Waals surface area contributed by atoms with Crippen LogP contribution < -0.4 is 16.3 Å². The zero-order valence-electron chi connectivity index (χ0n) is 10.8. The van der Waals surface area contributed by atoms with Crippen LogP contribution in [0.25, 0.3) is 23.4 Å². The summed E-state index contributed by atoms with van der Waals surface area (Å²) in [5.41, 5.74) is 8.17. The quantitative estimate of drug-likeness (QED) is 0.805. The van der Waals surface area contributed by atoms with E-state index in [9.17, 15) is 9.90 Å². The second-order valence-electron chi connectivity index (χ2n) is 4.77. The van der Waals surface area contributed by atoms with Gasteiger partial charge in [0.15, 0.2) is 0 Å². The number of carbonyl (C=O) groups is 1. The first-order valence-corrected chi connectivity index (χ1v) is 6.46. The minimum atomic E-state index is -0.924. The fourth-order valence-corrected chi connectivity index (χ4v) is 2.37. The second kappa shape index (κ2) is 4.81.